The second-order valence-electron chi connectivity index (χ2n) is 6.81. The van der Waals surface area contributed by atoms with Crippen LogP contribution in [-0.2, 0) is 7.05 Å². The highest BCUT2D eigenvalue weighted by atomic mass is 16.2. The quantitative estimate of drug-likeness (QED) is 0.774. The van der Waals surface area contributed by atoms with Gasteiger partial charge < -0.3 is 16.0 Å². The third kappa shape index (κ3) is 3.67. The Bertz CT molecular complexity index is 717. The fourth-order valence-electron chi connectivity index (χ4n) is 2.93. The van der Waals surface area contributed by atoms with Crippen molar-refractivity contribution in [2.75, 3.05) is 25.0 Å². The summed E-state index contributed by atoms with van der Waals surface area (Å²) in [5.74, 6) is 1.24. The summed E-state index contributed by atoms with van der Waals surface area (Å²) in [6.45, 7) is 7.05. The molecule has 2 aromatic rings. The molecule has 7 heteroatoms. The van der Waals surface area contributed by atoms with Crippen molar-refractivity contribution >= 4 is 22.8 Å². The number of amides is 1. The van der Waals surface area contributed by atoms with Gasteiger partial charge in [-0.15, -0.1) is 0 Å². The van der Waals surface area contributed by atoms with Crippen LogP contribution in [0.4, 0.5) is 5.82 Å². The Kier molecular flexibility index (Phi) is 4.99. The zero-order chi connectivity index (χ0) is 17.1. The lowest BCUT2D eigenvalue weighted by Gasteiger charge is -2.23. The summed E-state index contributed by atoms with van der Waals surface area (Å²) in [5, 5.41) is 14.9. The van der Waals surface area contributed by atoms with Crippen molar-refractivity contribution in [2.24, 2.45) is 13.0 Å². The summed E-state index contributed by atoms with van der Waals surface area (Å²) in [6, 6.07) is 4.05. The zero-order valence-electron chi connectivity index (χ0n) is 14.6. The largest absolute Gasteiger partial charge is 0.370 e. The van der Waals surface area contributed by atoms with Crippen LogP contribution in [0, 0.1) is 5.92 Å². The van der Waals surface area contributed by atoms with E-state index in [0.29, 0.717) is 11.6 Å². The number of hydrogen-bond acceptors (Lipinski definition) is 5. The molecule has 1 fully saturated rings. The molecule has 0 saturated carbocycles. The van der Waals surface area contributed by atoms with Gasteiger partial charge >= 0.3 is 0 Å². The fraction of sp³-hybridized carbons (Fsp3) is 0.588. The number of rotatable bonds is 5. The third-order valence-corrected chi connectivity index (χ3v) is 4.27. The molecule has 1 amide bonds. The van der Waals surface area contributed by atoms with Crippen molar-refractivity contribution in [1.29, 1.82) is 0 Å². The molecule has 3 heterocycles. The van der Waals surface area contributed by atoms with Crippen LogP contribution in [0.5, 0.6) is 0 Å². The number of nitrogens with zero attached hydrogens (tertiary/aromatic N) is 3. The van der Waals surface area contributed by atoms with Crippen LogP contribution >= 0.6 is 0 Å². The number of piperidine rings is 1. The van der Waals surface area contributed by atoms with Gasteiger partial charge in [0.1, 0.15) is 5.82 Å². The van der Waals surface area contributed by atoms with Crippen molar-refractivity contribution in [3.8, 4) is 0 Å². The minimum absolute atomic E-state index is 0.114. The van der Waals surface area contributed by atoms with Crippen molar-refractivity contribution < 1.29 is 4.79 Å². The zero-order valence-corrected chi connectivity index (χ0v) is 14.6. The minimum Gasteiger partial charge on any atom is -0.370 e. The van der Waals surface area contributed by atoms with Gasteiger partial charge in [-0.05, 0) is 44.0 Å². The van der Waals surface area contributed by atoms with Crippen molar-refractivity contribution in [3.63, 3.8) is 0 Å². The molecule has 3 rings (SSSR count). The van der Waals surface area contributed by atoms with Gasteiger partial charge in [-0.25, -0.2) is 9.67 Å². The molecule has 1 saturated heterocycles. The molecule has 0 unspecified atom stereocenters. The van der Waals surface area contributed by atoms with Crippen molar-refractivity contribution in [2.45, 2.75) is 32.7 Å². The maximum absolute atomic E-state index is 12.6. The normalized spacial score (nSPS) is 15.8. The summed E-state index contributed by atoms with van der Waals surface area (Å²) < 4.78 is 1.67. The Labute approximate surface area is 142 Å². The van der Waals surface area contributed by atoms with Crippen molar-refractivity contribution in [3.05, 3.63) is 17.8 Å². The molecule has 24 heavy (non-hydrogen) atoms. The summed E-state index contributed by atoms with van der Waals surface area (Å²) in [7, 11) is 1.82. The molecule has 0 atom stereocenters. The third-order valence-electron chi connectivity index (χ3n) is 4.27. The maximum Gasteiger partial charge on any atom is 0.272 e. The van der Waals surface area contributed by atoms with E-state index < -0.39 is 0 Å². The van der Waals surface area contributed by atoms with Crippen LogP contribution in [0.1, 0.15) is 37.2 Å². The van der Waals surface area contributed by atoms with E-state index in [9.17, 15) is 4.79 Å². The number of anilines is 1. The second-order valence-corrected chi connectivity index (χ2v) is 6.81. The van der Waals surface area contributed by atoms with Gasteiger partial charge in [-0.3, -0.25) is 4.79 Å². The molecule has 2 aromatic heterocycles. The van der Waals surface area contributed by atoms with Crippen LogP contribution in [0.2, 0.25) is 0 Å². The van der Waals surface area contributed by atoms with E-state index in [1.54, 1.807) is 4.68 Å². The molecular weight excluding hydrogens is 304 g/mol. The molecule has 130 valence electrons. The average molecular weight is 330 g/mol. The standard InChI is InChI=1S/C17H26N6O/c1-11(2)10-19-14-5-4-13-15(22-23(3)16(13)21-14)17(24)20-12-6-8-18-9-7-12/h4-5,11-12,18H,6-10H2,1-3H3,(H,19,21)(H,20,24). The first kappa shape index (κ1) is 16.7. The predicted octanol–water partition coefficient (Wildman–Crippen LogP) is 1.52. The highest BCUT2D eigenvalue weighted by Gasteiger charge is 2.21. The van der Waals surface area contributed by atoms with E-state index in [1.807, 2.05) is 19.2 Å². The lowest BCUT2D eigenvalue weighted by molar-refractivity contribution is 0.0925. The van der Waals surface area contributed by atoms with Gasteiger partial charge in [0.15, 0.2) is 11.3 Å². The van der Waals surface area contributed by atoms with E-state index in [-0.39, 0.29) is 11.9 Å². The SMILES string of the molecule is CC(C)CNc1ccc2c(C(=O)NC3CCNCC3)nn(C)c2n1. The Hall–Kier alpha value is -2.15. The summed E-state index contributed by atoms with van der Waals surface area (Å²) >= 11 is 0. The molecule has 0 radical (unpaired) electrons. The first-order valence-electron chi connectivity index (χ1n) is 8.64. The number of aromatic nitrogens is 3. The van der Waals surface area contributed by atoms with E-state index in [4.69, 9.17) is 0 Å². The summed E-state index contributed by atoms with van der Waals surface area (Å²) in [5.41, 5.74) is 1.17. The van der Waals surface area contributed by atoms with E-state index >= 15 is 0 Å². The average Bonchev–Trinajstić information content (AvgIpc) is 2.90. The van der Waals surface area contributed by atoms with Crippen LogP contribution in [0.15, 0.2) is 12.1 Å². The van der Waals surface area contributed by atoms with Crippen LogP contribution < -0.4 is 16.0 Å². The van der Waals surface area contributed by atoms with Gasteiger partial charge in [0.25, 0.3) is 5.91 Å². The first-order chi connectivity index (χ1) is 11.5. The van der Waals surface area contributed by atoms with Gasteiger partial charge in [0.05, 0.1) is 5.39 Å². The molecule has 0 aliphatic carbocycles. The van der Waals surface area contributed by atoms with Gasteiger partial charge in [0.2, 0.25) is 0 Å². The molecule has 0 aromatic carbocycles. The monoisotopic (exact) mass is 330 g/mol. The Morgan fingerprint density at radius 2 is 2.12 bits per heavy atom. The highest BCUT2D eigenvalue weighted by molar-refractivity contribution is 6.04. The lowest BCUT2D eigenvalue weighted by Crippen LogP contribution is -2.42. The number of carbonyl (C=O) groups is 1. The Morgan fingerprint density at radius 3 is 2.83 bits per heavy atom. The molecule has 0 spiro atoms. The lowest BCUT2D eigenvalue weighted by atomic mass is 10.1. The molecule has 0 bridgehead atoms. The smallest absolute Gasteiger partial charge is 0.272 e. The number of pyridine rings is 1. The summed E-state index contributed by atoms with van der Waals surface area (Å²) in [6.07, 6.45) is 1.91. The molecule has 1 aliphatic rings. The molecular formula is C17H26N6O. The molecule has 7 nitrogen and oxygen atoms in total. The van der Waals surface area contributed by atoms with Crippen LogP contribution in [0.3, 0.4) is 0 Å². The predicted molar refractivity (Wildman–Crippen MR) is 95.2 cm³/mol. The number of carbonyl (C=O) groups excluding carboxylic acids is 1. The topological polar surface area (TPSA) is 83.9 Å². The van der Waals surface area contributed by atoms with Gasteiger partial charge in [0, 0.05) is 19.6 Å². The van der Waals surface area contributed by atoms with Crippen molar-refractivity contribution in [1.82, 2.24) is 25.4 Å². The van der Waals surface area contributed by atoms with Gasteiger partial charge in [-0.2, -0.15) is 5.10 Å². The molecule has 1 aliphatic heterocycles. The Morgan fingerprint density at radius 1 is 1.38 bits per heavy atom. The summed E-state index contributed by atoms with van der Waals surface area (Å²) in [4.78, 5) is 17.2. The van der Waals surface area contributed by atoms with E-state index in [0.717, 1.165) is 49.3 Å². The van der Waals surface area contributed by atoms with E-state index in [2.05, 4.69) is 39.9 Å². The number of hydrogen-bond donors (Lipinski definition) is 3. The number of nitrogens with one attached hydrogen (secondary N) is 3. The fourth-order valence-corrected chi connectivity index (χ4v) is 2.93. The second kappa shape index (κ2) is 7.17. The number of aryl methyl sites for hydroxylation is 1. The van der Waals surface area contributed by atoms with Crippen LogP contribution in [-0.4, -0.2) is 46.3 Å². The number of fused-ring (bicyclic) bond motifs is 1. The van der Waals surface area contributed by atoms with Gasteiger partial charge in [-0.1, -0.05) is 13.8 Å². The highest BCUT2D eigenvalue weighted by Crippen LogP contribution is 2.19. The Balaban J connectivity index is 1.79. The van der Waals surface area contributed by atoms with E-state index in [1.165, 1.54) is 0 Å². The first-order valence-corrected chi connectivity index (χ1v) is 8.64. The maximum atomic E-state index is 12.6. The minimum atomic E-state index is -0.114. The van der Waals surface area contributed by atoms with Crippen LogP contribution in [0.25, 0.3) is 11.0 Å². The molecule has 3 N–H and O–H groups in total.